The fraction of sp³-hybridized carbons (Fsp3) is 0.200. The third-order valence-electron chi connectivity index (χ3n) is 2.97. The molecule has 4 heteroatoms. The monoisotopic (exact) mass is 258 g/mol. The van der Waals surface area contributed by atoms with Crippen molar-refractivity contribution < 1.29 is 9.18 Å². The van der Waals surface area contributed by atoms with E-state index in [0.717, 1.165) is 5.69 Å². The Morgan fingerprint density at radius 1 is 1.26 bits per heavy atom. The Hall–Kier alpha value is -2.23. The highest BCUT2D eigenvalue weighted by molar-refractivity contribution is 5.92. The number of hydrogen-bond donors (Lipinski definition) is 0. The van der Waals surface area contributed by atoms with Crippen molar-refractivity contribution in [2.45, 2.75) is 12.8 Å². The number of carbonyl (C=O) groups excluding carboxylic acids is 1. The average molecular weight is 258 g/mol. The summed E-state index contributed by atoms with van der Waals surface area (Å²) in [6, 6.07) is 10.1. The summed E-state index contributed by atoms with van der Waals surface area (Å²) in [6.45, 7) is 0. The predicted molar refractivity (Wildman–Crippen MR) is 72.4 cm³/mol. The third kappa shape index (κ3) is 3.37. The molecule has 1 aromatic heterocycles. The van der Waals surface area contributed by atoms with E-state index in [4.69, 9.17) is 0 Å². The first-order valence-electron chi connectivity index (χ1n) is 6.08. The Labute approximate surface area is 111 Å². The first kappa shape index (κ1) is 13.2. The molecule has 19 heavy (non-hydrogen) atoms. The Morgan fingerprint density at radius 2 is 2.05 bits per heavy atom. The Morgan fingerprint density at radius 3 is 2.74 bits per heavy atom. The number of halogens is 1. The van der Waals surface area contributed by atoms with Gasteiger partial charge < -0.3 is 4.90 Å². The van der Waals surface area contributed by atoms with Gasteiger partial charge in [-0.3, -0.25) is 9.78 Å². The predicted octanol–water partition coefficient (Wildman–Crippen LogP) is 2.82. The largest absolute Gasteiger partial charge is 0.314 e. The fourth-order valence-electron chi connectivity index (χ4n) is 1.81. The molecule has 0 N–H and O–H groups in total. The van der Waals surface area contributed by atoms with E-state index in [1.165, 1.54) is 11.0 Å². The standard InChI is InChI=1S/C15H15FN2O/c1-18(13-6-4-10-17-11-13)15(19)9-8-12-5-2-3-7-14(12)16/h2-7,10-11H,8-9H2,1H3. The number of carbonyl (C=O) groups is 1. The average Bonchev–Trinajstić information content (AvgIpc) is 2.46. The molecule has 0 saturated heterocycles. The highest BCUT2D eigenvalue weighted by atomic mass is 19.1. The first-order chi connectivity index (χ1) is 9.18. The molecule has 1 aromatic carbocycles. The molecule has 0 unspecified atom stereocenters. The molecule has 0 atom stereocenters. The molecule has 0 radical (unpaired) electrons. The highest BCUT2D eigenvalue weighted by Crippen LogP contribution is 2.13. The molecule has 2 rings (SSSR count). The molecule has 0 fully saturated rings. The van der Waals surface area contributed by atoms with Gasteiger partial charge in [0.05, 0.1) is 11.9 Å². The molecule has 0 aliphatic rings. The molecule has 98 valence electrons. The van der Waals surface area contributed by atoms with Gasteiger partial charge in [-0.2, -0.15) is 0 Å². The van der Waals surface area contributed by atoms with Crippen molar-refractivity contribution in [3.05, 3.63) is 60.2 Å². The number of nitrogens with zero attached hydrogens (tertiary/aromatic N) is 2. The summed E-state index contributed by atoms with van der Waals surface area (Å²) in [4.78, 5) is 17.5. The van der Waals surface area contributed by atoms with Gasteiger partial charge in [0.15, 0.2) is 0 Å². The lowest BCUT2D eigenvalue weighted by Gasteiger charge is -2.16. The zero-order valence-corrected chi connectivity index (χ0v) is 10.7. The van der Waals surface area contributed by atoms with Gasteiger partial charge in [-0.25, -0.2) is 4.39 Å². The lowest BCUT2D eigenvalue weighted by molar-refractivity contribution is -0.118. The van der Waals surface area contributed by atoms with Crippen LogP contribution < -0.4 is 4.90 Å². The van der Waals surface area contributed by atoms with Crippen molar-refractivity contribution >= 4 is 11.6 Å². The molecule has 0 aliphatic carbocycles. The molecule has 0 bridgehead atoms. The minimum Gasteiger partial charge on any atom is -0.314 e. The van der Waals surface area contributed by atoms with Crippen LogP contribution in [-0.2, 0) is 11.2 Å². The van der Waals surface area contributed by atoms with Gasteiger partial charge in [0.1, 0.15) is 5.82 Å². The van der Waals surface area contributed by atoms with Crippen molar-refractivity contribution in [2.24, 2.45) is 0 Å². The minimum atomic E-state index is -0.265. The molecular formula is C15H15FN2O. The van der Waals surface area contributed by atoms with Crippen LogP contribution in [-0.4, -0.2) is 17.9 Å². The van der Waals surface area contributed by atoms with Crippen molar-refractivity contribution in [3.8, 4) is 0 Å². The van der Waals surface area contributed by atoms with Crippen LogP contribution in [0.3, 0.4) is 0 Å². The minimum absolute atomic E-state index is 0.0590. The van der Waals surface area contributed by atoms with E-state index in [2.05, 4.69) is 4.98 Å². The zero-order chi connectivity index (χ0) is 13.7. The second-order valence-electron chi connectivity index (χ2n) is 4.26. The maximum Gasteiger partial charge on any atom is 0.227 e. The summed E-state index contributed by atoms with van der Waals surface area (Å²) in [5.74, 6) is -0.324. The van der Waals surface area contributed by atoms with Gasteiger partial charge in [-0.1, -0.05) is 18.2 Å². The lowest BCUT2D eigenvalue weighted by Crippen LogP contribution is -2.26. The van der Waals surface area contributed by atoms with Crippen LogP contribution in [0.5, 0.6) is 0 Å². The SMILES string of the molecule is CN(C(=O)CCc1ccccc1F)c1cccnc1. The van der Waals surface area contributed by atoms with Crippen LogP contribution >= 0.6 is 0 Å². The highest BCUT2D eigenvalue weighted by Gasteiger charge is 2.11. The molecule has 0 spiro atoms. The molecule has 1 amide bonds. The van der Waals surface area contributed by atoms with Crippen molar-refractivity contribution in [2.75, 3.05) is 11.9 Å². The smallest absolute Gasteiger partial charge is 0.227 e. The molecular weight excluding hydrogens is 243 g/mol. The van der Waals surface area contributed by atoms with Gasteiger partial charge >= 0.3 is 0 Å². The topological polar surface area (TPSA) is 33.2 Å². The number of anilines is 1. The Kier molecular flexibility index (Phi) is 4.23. The number of pyridine rings is 1. The van der Waals surface area contributed by atoms with Gasteiger partial charge in [-0.05, 0) is 30.2 Å². The van der Waals surface area contributed by atoms with Crippen molar-refractivity contribution in [1.82, 2.24) is 4.98 Å². The second-order valence-corrected chi connectivity index (χ2v) is 4.26. The lowest BCUT2D eigenvalue weighted by atomic mass is 10.1. The van der Waals surface area contributed by atoms with Crippen LogP contribution in [0.2, 0.25) is 0 Å². The first-order valence-corrected chi connectivity index (χ1v) is 6.08. The fourth-order valence-corrected chi connectivity index (χ4v) is 1.81. The number of aromatic nitrogens is 1. The summed E-state index contributed by atoms with van der Waals surface area (Å²) in [7, 11) is 1.70. The Bertz CT molecular complexity index is 557. The molecule has 2 aromatic rings. The quantitative estimate of drug-likeness (QED) is 0.845. The van der Waals surface area contributed by atoms with E-state index in [1.807, 2.05) is 6.07 Å². The van der Waals surface area contributed by atoms with E-state index in [1.54, 1.807) is 43.7 Å². The van der Waals surface area contributed by atoms with Crippen LogP contribution in [0.4, 0.5) is 10.1 Å². The van der Waals surface area contributed by atoms with E-state index < -0.39 is 0 Å². The van der Waals surface area contributed by atoms with E-state index in [0.29, 0.717) is 12.0 Å². The number of rotatable bonds is 4. The Balaban J connectivity index is 1.97. The normalized spacial score (nSPS) is 10.2. The summed E-state index contributed by atoms with van der Waals surface area (Å²) >= 11 is 0. The number of aryl methyl sites for hydroxylation is 1. The molecule has 1 heterocycles. The van der Waals surface area contributed by atoms with Crippen LogP contribution in [0.15, 0.2) is 48.8 Å². The summed E-state index contributed by atoms with van der Waals surface area (Å²) in [5, 5.41) is 0. The molecule has 0 saturated carbocycles. The maximum atomic E-state index is 13.4. The van der Waals surface area contributed by atoms with E-state index in [9.17, 15) is 9.18 Å². The number of hydrogen-bond acceptors (Lipinski definition) is 2. The zero-order valence-electron chi connectivity index (χ0n) is 10.7. The summed E-state index contributed by atoms with van der Waals surface area (Å²) in [5.41, 5.74) is 1.30. The van der Waals surface area contributed by atoms with E-state index in [-0.39, 0.29) is 18.1 Å². The third-order valence-corrected chi connectivity index (χ3v) is 2.97. The number of amides is 1. The van der Waals surface area contributed by atoms with E-state index >= 15 is 0 Å². The van der Waals surface area contributed by atoms with Crippen LogP contribution in [0.1, 0.15) is 12.0 Å². The van der Waals surface area contributed by atoms with Crippen LogP contribution in [0.25, 0.3) is 0 Å². The summed E-state index contributed by atoms with van der Waals surface area (Å²) < 4.78 is 13.4. The van der Waals surface area contributed by atoms with Gasteiger partial charge in [-0.15, -0.1) is 0 Å². The van der Waals surface area contributed by atoms with Gasteiger partial charge in [0, 0.05) is 19.7 Å². The molecule has 3 nitrogen and oxygen atoms in total. The summed E-state index contributed by atoms with van der Waals surface area (Å²) in [6.07, 6.45) is 3.95. The van der Waals surface area contributed by atoms with Crippen LogP contribution in [0, 0.1) is 5.82 Å². The number of benzene rings is 1. The van der Waals surface area contributed by atoms with Crippen molar-refractivity contribution in [1.29, 1.82) is 0 Å². The van der Waals surface area contributed by atoms with Gasteiger partial charge in [0.2, 0.25) is 5.91 Å². The maximum absolute atomic E-state index is 13.4. The van der Waals surface area contributed by atoms with Crippen molar-refractivity contribution in [3.63, 3.8) is 0 Å². The molecule has 0 aliphatic heterocycles. The van der Waals surface area contributed by atoms with Gasteiger partial charge in [0.25, 0.3) is 0 Å². The second kappa shape index (κ2) is 6.09.